The largest absolute Gasteiger partial charge is 0.322 e. The molecular weight excluding hydrogens is 358 g/mol. The summed E-state index contributed by atoms with van der Waals surface area (Å²) < 4.78 is 26.9. The van der Waals surface area contributed by atoms with Gasteiger partial charge in [0.15, 0.2) is 5.13 Å². The van der Waals surface area contributed by atoms with Crippen LogP contribution < -0.4 is 10.0 Å². The number of carbonyl (C=O) groups excluding carboxylic acids is 1. The summed E-state index contributed by atoms with van der Waals surface area (Å²) in [7, 11) is -3.70. The Hall–Kier alpha value is -2.71. The molecule has 25 heavy (non-hydrogen) atoms. The Labute approximate surface area is 149 Å². The molecule has 128 valence electrons. The fourth-order valence-electron chi connectivity index (χ4n) is 2.19. The average Bonchev–Trinajstić information content (AvgIpc) is 3.08. The maximum absolute atomic E-state index is 12.3. The number of nitrogens with zero attached hydrogens (tertiary/aromatic N) is 1. The first-order chi connectivity index (χ1) is 12.0. The van der Waals surface area contributed by atoms with Gasteiger partial charge in [0.05, 0.1) is 4.90 Å². The predicted octanol–water partition coefficient (Wildman–Crippen LogP) is 3.50. The van der Waals surface area contributed by atoms with Gasteiger partial charge in [0, 0.05) is 22.8 Å². The SMILES string of the molecule is Cc1ccccc1C(=O)Nc1ccc(S(=O)(=O)Nc2nccs2)cc1. The third-order valence-electron chi connectivity index (χ3n) is 3.47. The van der Waals surface area contributed by atoms with Crippen molar-refractivity contribution in [3.05, 3.63) is 71.2 Å². The first kappa shape index (κ1) is 17.1. The van der Waals surface area contributed by atoms with Crippen molar-refractivity contribution in [2.24, 2.45) is 0 Å². The molecule has 6 nitrogen and oxygen atoms in total. The molecule has 0 aliphatic heterocycles. The van der Waals surface area contributed by atoms with E-state index in [-0.39, 0.29) is 10.8 Å². The van der Waals surface area contributed by atoms with Gasteiger partial charge in [-0.1, -0.05) is 18.2 Å². The number of benzene rings is 2. The molecule has 0 saturated heterocycles. The van der Waals surface area contributed by atoms with Gasteiger partial charge < -0.3 is 5.32 Å². The zero-order chi connectivity index (χ0) is 17.9. The molecule has 0 unspecified atom stereocenters. The number of nitrogens with one attached hydrogen (secondary N) is 2. The second kappa shape index (κ2) is 7.04. The van der Waals surface area contributed by atoms with Crippen LogP contribution in [0.3, 0.4) is 0 Å². The molecule has 1 heterocycles. The van der Waals surface area contributed by atoms with E-state index in [4.69, 9.17) is 0 Å². The fraction of sp³-hybridized carbons (Fsp3) is 0.0588. The topological polar surface area (TPSA) is 88.2 Å². The zero-order valence-electron chi connectivity index (χ0n) is 13.3. The normalized spacial score (nSPS) is 11.1. The quantitative estimate of drug-likeness (QED) is 0.716. The van der Waals surface area contributed by atoms with E-state index in [2.05, 4.69) is 15.0 Å². The van der Waals surface area contributed by atoms with Crippen molar-refractivity contribution in [3.8, 4) is 0 Å². The Bertz CT molecular complexity index is 982. The number of carbonyl (C=O) groups is 1. The highest BCUT2D eigenvalue weighted by molar-refractivity contribution is 7.93. The number of aromatic nitrogens is 1. The van der Waals surface area contributed by atoms with Crippen LogP contribution in [-0.2, 0) is 10.0 Å². The highest BCUT2D eigenvalue weighted by Crippen LogP contribution is 2.20. The summed E-state index contributed by atoms with van der Waals surface area (Å²) in [5.41, 5.74) is 1.96. The summed E-state index contributed by atoms with van der Waals surface area (Å²) in [4.78, 5) is 16.3. The molecule has 0 aliphatic carbocycles. The van der Waals surface area contributed by atoms with Crippen LogP contribution in [-0.4, -0.2) is 19.3 Å². The highest BCUT2D eigenvalue weighted by Gasteiger charge is 2.16. The summed E-state index contributed by atoms with van der Waals surface area (Å²) in [6.07, 6.45) is 1.52. The van der Waals surface area contributed by atoms with Gasteiger partial charge in [-0.2, -0.15) is 0 Å². The Morgan fingerprint density at radius 1 is 1.08 bits per heavy atom. The summed E-state index contributed by atoms with van der Waals surface area (Å²) in [6.45, 7) is 1.86. The number of rotatable bonds is 5. The molecule has 8 heteroatoms. The average molecular weight is 373 g/mol. The van der Waals surface area contributed by atoms with Crippen LogP contribution in [0.2, 0.25) is 0 Å². The molecule has 0 spiro atoms. The minimum absolute atomic E-state index is 0.0941. The minimum atomic E-state index is -3.70. The van der Waals surface area contributed by atoms with Gasteiger partial charge in [0.1, 0.15) is 0 Å². The molecule has 0 bridgehead atoms. The lowest BCUT2D eigenvalue weighted by molar-refractivity contribution is 0.102. The number of hydrogen-bond donors (Lipinski definition) is 2. The van der Waals surface area contributed by atoms with Crippen molar-refractivity contribution < 1.29 is 13.2 Å². The summed E-state index contributed by atoms with van der Waals surface area (Å²) in [6, 6.07) is 13.2. The number of sulfonamides is 1. The van der Waals surface area contributed by atoms with E-state index in [9.17, 15) is 13.2 Å². The van der Waals surface area contributed by atoms with E-state index in [1.807, 2.05) is 19.1 Å². The molecule has 3 rings (SSSR count). The molecule has 0 atom stereocenters. The lowest BCUT2D eigenvalue weighted by Crippen LogP contribution is -2.14. The highest BCUT2D eigenvalue weighted by atomic mass is 32.2. The van der Waals surface area contributed by atoms with E-state index in [0.29, 0.717) is 16.4 Å². The van der Waals surface area contributed by atoms with Crippen LogP contribution in [0, 0.1) is 6.92 Å². The molecule has 1 aromatic heterocycles. The lowest BCUT2D eigenvalue weighted by atomic mass is 10.1. The van der Waals surface area contributed by atoms with Crippen molar-refractivity contribution in [3.63, 3.8) is 0 Å². The Morgan fingerprint density at radius 2 is 1.80 bits per heavy atom. The van der Waals surface area contributed by atoms with Gasteiger partial charge in [-0.15, -0.1) is 11.3 Å². The van der Waals surface area contributed by atoms with Crippen molar-refractivity contribution in [1.82, 2.24) is 4.98 Å². The molecule has 2 aromatic carbocycles. The van der Waals surface area contributed by atoms with Gasteiger partial charge in [-0.3, -0.25) is 9.52 Å². The second-order valence-electron chi connectivity index (χ2n) is 5.24. The Morgan fingerprint density at radius 3 is 2.44 bits per heavy atom. The molecule has 0 radical (unpaired) electrons. The number of hydrogen-bond acceptors (Lipinski definition) is 5. The van der Waals surface area contributed by atoms with Crippen molar-refractivity contribution in [1.29, 1.82) is 0 Å². The molecule has 0 aliphatic rings. The second-order valence-corrected chi connectivity index (χ2v) is 7.81. The number of thiazole rings is 1. The molecule has 1 amide bonds. The van der Waals surface area contributed by atoms with Crippen LogP contribution in [0.5, 0.6) is 0 Å². The van der Waals surface area contributed by atoms with E-state index in [1.54, 1.807) is 29.6 Å². The third kappa shape index (κ3) is 4.04. The maximum atomic E-state index is 12.3. The number of aryl methyl sites for hydroxylation is 1. The van der Waals surface area contributed by atoms with E-state index < -0.39 is 10.0 Å². The lowest BCUT2D eigenvalue weighted by Gasteiger charge is -2.09. The van der Waals surface area contributed by atoms with Gasteiger partial charge in [-0.25, -0.2) is 13.4 Å². The van der Waals surface area contributed by atoms with Crippen LogP contribution in [0.25, 0.3) is 0 Å². The van der Waals surface area contributed by atoms with E-state index in [0.717, 1.165) is 5.56 Å². The van der Waals surface area contributed by atoms with Crippen molar-refractivity contribution >= 4 is 38.1 Å². The number of amides is 1. The van der Waals surface area contributed by atoms with Gasteiger partial charge in [0.25, 0.3) is 15.9 Å². The molecule has 2 N–H and O–H groups in total. The Kier molecular flexibility index (Phi) is 4.82. The number of anilines is 2. The van der Waals surface area contributed by atoms with Gasteiger partial charge in [-0.05, 0) is 42.8 Å². The smallest absolute Gasteiger partial charge is 0.263 e. The fourth-order valence-corrected chi connectivity index (χ4v) is 3.98. The van der Waals surface area contributed by atoms with Crippen molar-refractivity contribution in [2.75, 3.05) is 10.0 Å². The molecule has 0 fully saturated rings. The summed E-state index contributed by atoms with van der Waals surface area (Å²) in [5.74, 6) is -0.241. The maximum Gasteiger partial charge on any atom is 0.263 e. The van der Waals surface area contributed by atoms with Gasteiger partial charge in [0.2, 0.25) is 0 Å². The molecule has 0 saturated carbocycles. The van der Waals surface area contributed by atoms with E-state index >= 15 is 0 Å². The van der Waals surface area contributed by atoms with Crippen molar-refractivity contribution in [2.45, 2.75) is 11.8 Å². The predicted molar refractivity (Wildman–Crippen MR) is 98.5 cm³/mol. The standard InChI is InChI=1S/C17H15N3O3S2/c1-12-4-2-3-5-15(12)16(21)19-13-6-8-14(9-7-13)25(22,23)20-17-18-10-11-24-17/h2-11H,1H3,(H,18,20)(H,19,21). The van der Waals surface area contributed by atoms with E-state index in [1.165, 1.54) is 29.7 Å². The van der Waals surface area contributed by atoms with Gasteiger partial charge >= 0.3 is 0 Å². The van der Waals surface area contributed by atoms with Crippen LogP contribution in [0.1, 0.15) is 15.9 Å². The molecular formula is C17H15N3O3S2. The first-order valence-corrected chi connectivity index (χ1v) is 9.71. The van der Waals surface area contributed by atoms with Crippen LogP contribution >= 0.6 is 11.3 Å². The van der Waals surface area contributed by atoms with Crippen LogP contribution in [0.15, 0.2) is 65.0 Å². The summed E-state index contributed by atoms with van der Waals surface area (Å²) in [5, 5.41) is 4.74. The zero-order valence-corrected chi connectivity index (χ0v) is 14.9. The first-order valence-electron chi connectivity index (χ1n) is 7.35. The Balaban J connectivity index is 1.74. The monoisotopic (exact) mass is 373 g/mol. The summed E-state index contributed by atoms with van der Waals surface area (Å²) >= 11 is 1.20. The minimum Gasteiger partial charge on any atom is -0.322 e. The van der Waals surface area contributed by atoms with Crippen LogP contribution in [0.4, 0.5) is 10.8 Å². The third-order valence-corrected chi connectivity index (χ3v) is 5.64. The molecule has 3 aromatic rings.